The third-order valence-electron chi connectivity index (χ3n) is 7.46. The van der Waals surface area contributed by atoms with Gasteiger partial charge in [0.15, 0.2) is 0 Å². The molecule has 2 aromatic rings. The topological polar surface area (TPSA) is 49.8 Å². The number of fused-ring (bicyclic) bond motifs is 1. The Kier molecular flexibility index (Phi) is 7.87. The molecule has 2 aliphatic rings. The van der Waals surface area contributed by atoms with E-state index in [1.54, 1.807) is 0 Å². The fourth-order valence-corrected chi connectivity index (χ4v) is 5.48. The Bertz CT molecular complexity index is 995. The number of hydrogen-bond acceptors (Lipinski definition) is 3. The quantitative estimate of drug-likeness (QED) is 0.463. The molecule has 1 saturated heterocycles. The summed E-state index contributed by atoms with van der Waals surface area (Å²) in [4.78, 5) is 13.5. The average Bonchev–Trinajstić information content (AvgIpc) is 2.83. The lowest BCUT2D eigenvalue weighted by molar-refractivity contribution is -0.143. The highest BCUT2D eigenvalue weighted by molar-refractivity contribution is 5.84. The summed E-state index contributed by atoms with van der Waals surface area (Å²) in [6.07, 6.45) is 11.6. The zero-order chi connectivity index (χ0) is 23.2. The Morgan fingerprint density at radius 3 is 2.39 bits per heavy atom. The number of ether oxygens (including phenoxy) is 1. The van der Waals surface area contributed by atoms with Gasteiger partial charge in [-0.1, -0.05) is 49.4 Å². The summed E-state index contributed by atoms with van der Waals surface area (Å²) in [5, 5.41) is 11.6. The van der Waals surface area contributed by atoms with Gasteiger partial charge in [-0.15, -0.1) is 0 Å². The molecule has 0 amide bonds. The fraction of sp³-hybridized carbons (Fsp3) is 0.483. The molecule has 0 unspecified atom stereocenters. The lowest BCUT2D eigenvalue weighted by Crippen LogP contribution is -2.35. The van der Waals surface area contributed by atoms with E-state index in [-0.39, 0.29) is 5.92 Å². The van der Waals surface area contributed by atoms with E-state index in [9.17, 15) is 9.90 Å². The van der Waals surface area contributed by atoms with E-state index in [1.165, 1.54) is 34.8 Å². The van der Waals surface area contributed by atoms with Gasteiger partial charge in [-0.3, -0.25) is 9.69 Å². The molecule has 1 N–H and O–H groups in total. The van der Waals surface area contributed by atoms with Crippen LogP contribution >= 0.6 is 0 Å². The summed E-state index contributed by atoms with van der Waals surface area (Å²) >= 11 is 0. The van der Waals surface area contributed by atoms with Crippen LogP contribution in [0.3, 0.4) is 0 Å². The third kappa shape index (κ3) is 6.05. The number of piperidine rings is 1. The van der Waals surface area contributed by atoms with Crippen molar-refractivity contribution in [1.29, 1.82) is 0 Å². The molecule has 1 aliphatic heterocycles. The summed E-state index contributed by atoms with van der Waals surface area (Å²) in [6, 6.07) is 13.1. The molecular weight excluding hydrogens is 410 g/mol. The van der Waals surface area contributed by atoms with Gasteiger partial charge in [-0.2, -0.15) is 0 Å². The lowest BCUT2D eigenvalue weighted by Gasteiger charge is -2.30. The van der Waals surface area contributed by atoms with Gasteiger partial charge in [0, 0.05) is 6.54 Å². The van der Waals surface area contributed by atoms with Gasteiger partial charge in [-0.25, -0.2) is 0 Å². The maximum Gasteiger partial charge on any atom is 0.306 e. The summed E-state index contributed by atoms with van der Waals surface area (Å²) in [6.45, 7) is 8.68. The van der Waals surface area contributed by atoms with Crippen molar-refractivity contribution in [3.05, 3.63) is 66.3 Å². The van der Waals surface area contributed by atoms with Gasteiger partial charge in [0.1, 0.15) is 5.75 Å². The van der Waals surface area contributed by atoms with Crippen LogP contribution in [-0.2, 0) is 11.3 Å². The Hall–Kier alpha value is -2.59. The number of aliphatic carboxylic acids is 1. The van der Waals surface area contributed by atoms with E-state index in [0.29, 0.717) is 12.0 Å². The Balaban J connectivity index is 1.32. The Labute approximate surface area is 197 Å². The van der Waals surface area contributed by atoms with Crippen molar-refractivity contribution >= 4 is 16.7 Å². The number of rotatable bonds is 8. The molecular formula is C29H37NO3. The predicted molar refractivity (Wildman–Crippen MR) is 135 cm³/mol. The third-order valence-corrected chi connectivity index (χ3v) is 7.46. The molecule has 2 aromatic carbocycles. The van der Waals surface area contributed by atoms with Gasteiger partial charge in [0.05, 0.1) is 12.0 Å². The van der Waals surface area contributed by atoms with E-state index >= 15 is 0 Å². The summed E-state index contributed by atoms with van der Waals surface area (Å²) < 4.78 is 6.37. The van der Waals surface area contributed by atoms with Crippen LogP contribution in [0.2, 0.25) is 0 Å². The number of benzene rings is 2. The molecule has 1 saturated carbocycles. The maximum atomic E-state index is 11.2. The predicted octanol–water partition coefficient (Wildman–Crippen LogP) is 6.60. The number of likely N-dealkylation sites (tertiary alicyclic amines) is 1. The largest absolute Gasteiger partial charge is 0.490 e. The van der Waals surface area contributed by atoms with E-state index < -0.39 is 5.97 Å². The van der Waals surface area contributed by atoms with Crippen LogP contribution in [0.4, 0.5) is 0 Å². The second-order valence-corrected chi connectivity index (χ2v) is 9.65. The highest BCUT2D eigenvalue weighted by Gasteiger charge is 2.25. The minimum absolute atomic E-state index is 0.177. The minimum atomic E-state index is -0.651. The molecule has 0 atom stereocenters. The molecule has 4 heteroatoms. The SMILES string of the molecule is C=C/C=C(\CC)C1CCC(Oc2ccc3cc(CN4CCC(C(=O)O)CC4)ccc3c2)CC1. The molecule has 0 radical (unpaired) electrons. The number of hydrogen-bond donors (Lipinski definition) is 1. The van der Waals surface area contributed by atoms with E-state index in [0.717, 1.165) is 57.5 Å². The van der Waals surface area contributed by atoms with Gasteiger partial charge in [0.25, 0.3) is 0 Å². The van der Waals surface area contributed by atoms with Gasteiger partial charge in [0.2, 0.25) is 0 Å². The Morgan fingerprint density at radius 2 is 1.73 bits per heavy atom. The molecule has 2 fully saturated rings. The fourth-order valence-electron chi connectivity index (χ4n) is 5.48. The van der Waals surface area contributed by atoms with E-state index in [2.05, 4.69) is 60.9 Å². The van der Waals surface area contributed by atoms with Crippen LogP contribution < -0.4 is 4.74 Å². The van der Waals surface area contributed by atoms with Gasteiger partial charge >= 0.3 is 5.97 Å². The molecule has 1 aliphatic carbocycles. The first kappa shape index (κ1) is 23.6. The zero-order valence-electron chi connectivity index (χ0n) is 19.8. The number of nitrogens with zero attached hydrogens (tertiary/aromatic N) is 1. The number of carboxylic acid groups (broad SMARTS) is 1. The van der Waals surface area contributed by atoms with Gasteiger partial charge in [-0.05, 0) is 98.5 Å². The summed E-state index contributed by atoms with van der Waals surface area (Å²) in [5.74, 6) is 0.815. The second-order valence-electron chi connectivity index (χ2n) is 9.65. The standard InChI is InChI=1S/C29H37NO3/c1-3-5-22(4-2)23-8-11-27(12-9-23)33-28-13-10-25-18-21(6-7-26(25)19-28)20-30-16-14-24(15-17-30)29(31)32/h3,5-7,10,13,18-19,23-24,27H,1,4,8-9,11-12,14-17,20H2,2H3,(H,31,32)/b22-5+. The normalized spacial score (nSPS) is 22.9. The van der Waals surface area contributed by atoms with E-state index in [4.69, 9.17) is 4.74 Å². The van der Waals surface area contributed by atoms with Crippen molar-refractivity contribution in [3.63, 3.8) is 0 Å². The smallest absolute Gasteiger partial charge is 0.306 e. The first-order valence-electron chi connectivity index (χ1n) is 12.5. The molecule has 0 spiro atoms. The first-order chi connectivity index (χ1) is 16.1. The van der Waals surface area contributed by atoms with Crippen molar-refractivity contribution in [3.8, 4) is 5.75 Å². The molecule has 1 heterocycles. The van der Waals surface area contributed by atoms with Crippen LogP contribution in [0.1, 0.15) is 57.4 Å². The molecule has 176 valence electrons. The molecule has 4 rings (SSSR count). The maximum absolute atomic E-state index is 11.2. The zero-order valence-corrected chi connectivity index (χ0v) is 19.8. The number of carboxylic acids is 1. The second kappa shape index (κ2) is 11.0. The number of allylic oxidation sites excluding steroid dienone is 3. The average molecular weight is 448 g/mol. The Morgan fingerprint density at radius 1 is 1.03 bits per heavy atom. The molecule has 0 aromatic heterocycles. The van der Waals surface area contributed by atoms with E-state index in [1.807, 2.05) is 6.08 Å². The lowest BCUT2D eigenvalue weighted by atomic mass is 9.81. The van der Waals surface area contributed by atoms with Crippen LogP contribution in [0, 0.1) is 11.8 Å². The molecule has 0 bridgehead atoms. The molecule has 4 nitrogen and oxygen atoms in total. The highest BCUT2D eigenvalue weighted by Crippen LogP contribution is 2.34. The van der Waals surface area contributed by atoms with Crippen molar-refractivity contribution in [1.82, 2.24) is 4.90 Å². The summed E-state index contributed by atoms with van der Waals surface area (Å²) in [5.41, 5.74) is 2.80. The molecule has 33 heavy (non-hydrogen) atoms. The minimum Gasteiger partial charge on any atom is -0.490 e. The highest BCUT2D eigenvalue weighted by atomic mass is 16.5. The monoisotopic (exact) mass is 447 g/mol. The van der Waals surface area contributed by atoms with Crippen LogP contribution in [-0.4, -0.2) is 35.2 Å². The summed E-state index contributed by atoms with van der Waals surface area (Å²) in [7, 11) is 0. The number of carbonyl (C=O) groups is 1. The van der Waals surface area contributed by atoms with Crippen LogP contribution in [0.5, 0.6) is 5.75 Å². The van der Waals surface area contributed by atoms with Crippen molar-refractivity contribution < 1.29 is 14.6 Å². The van der Waals surface area contributed by atoms with Gasteiger partial charge < -0.3 is 9.84 Å². The van der Waals surface area contributed by atoms with Crippen LogP contribution in [0.15, 0.2) is 60.7 Å². The van der Waals surface area contributed by atoms with Crippen molar-refractivity contribution in [2.45, 2.75) is 64.5 Å². The van der Waals surface area contributed by atoms with Crippen molar-refractivity contribution in [2.24, 2.45) is 11.8 Å². The van der Waals surface area contributed by atoms with Crippen molar-refractivity contribution in [2.75, 3.05) is 13.1 Å². The first-order valence-corrected chi connectivity index (χ1v) is 12.5. The van der Waals surface area contributed by atoms with Crippen LogP contribution in [0.25, 0.3) is 10.8 Å².